The van der Waals surface area contributed by atoms with Crippen LogP contribution in [0, 0.1) is 0 Å². The normalized spacial score (nSPS) is 10.8. The van der Waals surface area contributed by atoms with Crippen molar-refractivity contribution in [2.45, 2.75) is 6.54 Å². The standard InChI is InChI=1S/C16H14BrN3O/c1-18-16-12(8-11-4-2-3-5-14(11)19-16)9-20-10-13(17)6-7-15(20)21/h2-8,10H,9H2,1H3,(H,18,19). The lowest BCUT2D eigenvalue weighted by molar-refractivity contribution is 0.756. The summed E-state index contributed by atoms with van der Waals surface area (Å²) in [6.07, 6.45) is 1.79. The lowest BCUT2D eigenvalue weighted by Crippen LogP contribution is -2.19. The summed E-state index contributed by atoms with van der Waals surface area (Å²) in [4.78, 5) is 16.5. The molecule has 1 N–H and O–H groups in total. The highest BCUT2D eigenvalue weighted by molar-refractivity contribution is 9.10. The van der Waals surface area contributed by atoms with E-state index in [-0.39, 0.29) is 5.56 Å². The van der Waals surface area contributed by atoms with Crippen LogP contribution in [0.15, 0.2) is 57.9 Å². The van der Waals surface area contributed by atoms with E-state index in [2.05, 4.69) is 32.3 Å². The Kier molecular flexibility index (Phi) is 3.75. The first kappa shape index (κ1) is 13.8. The van der Waals surface area contributed by atoms with Gasteiger partial charge in [0.1, 0.15) is 5.82 Å². The van der Waals surface area contributed by atoms with Crippen LogP contribution in [0.4, 0.5) is 5.82 Å². The molecule has 0 aliphatic rings. The molecular formula is C16H14BrN3O. The number of nitrogens with zero attached hydrogens (tertiary/aromatic N) is 2. The fourth-order valence-electron chi connectivity index (χ4n) is 2.31. The van der Waals surface area contributed by atoms with Crippen LogP contribution in [0.25, 0.3) is 10.9 Å². The summed E-state index contributed by atoms with van der Waals surface area (Å²) in [6, 6.07) is 13.3. The predicted molar refractivity (Wildman–Crippen MR) is 88.8 cm³/mol. The highest BCUT2D eigenvalue weighted by Crippen LogP contribution is 2.21. The summed E-state index contributed by atoms with van der Waals surface area (Å²) in [7, 11) is 1.84. The van der Waals surface area contributed by atoms with Gasteiger partial charge < -0.3 is 9.88 Å². The van der Waals surface area contributed by atoms with Crippen LogP contribution >= 0.6 is 15.9 Å². The lowest BCUT2D eigenvalue weighted by atomic mass is 10.1. The second-order valence-corrected chi connectivity index (χ2v) is 5.67. The van der Waals surface area contributed by atoms with Gasteiger partial charge in [-0.3, -0.25) is 4.79 Å². The number of hydrogen-bond acceptors (Lipinski definition) is 3. The summed E-state index contributed by atoms with van der Waals surface area (Å²) in [6.45, 7) is 0.478. The van der Waals surface area contributed by atoms with E-state index in [0.717, 1.165) is 26.8 Å². The number of rotatable bonds is 3. The summed E-state index contributed by atoms with van der Waals surface area (Å²) in [5.74, 6) is 0.792. The third-order valence-electron chi connectivity index (χ3n) is 3.33. The van der Waals surface area contributed by atoms with Crippen molar-refractivity contribution in [3.63, 3.8) is 0 Å². The maximum absolute atomic E-state index is 11.9. The fourth-order valence-corrected chi connectivity index (χ4v) is 2.69. The molecule has 0 unspecified atom stereocenters. The Morgan fingerprint density at radius 2 is 2.05 bits per heavy atom. The van der Waals surface area contributed by atoms with E-state index in [0.29, 0.717) is 6.54 Å². The molecule has 0 saturated carbocycles. The number of halogens is 1. The van der Waals surface area contributed by atoms with Crippen LogP contribution in [-0.2, 0) is 6.54 Å². The summed E-state index contributed by atoms with van der Waals surface area (Å²) in [5, 5.41) is 4.17. The molecule has 1 aromatic carbocycles. The summed E-state index contributed by atoms with van der Waals surface area (Å²) >= 11 is 3.39. The van der Waals surface area contributed by atoms with E-state index < -0.39 is 0 Å². The third-order valence-corrected chi connectivity index (χ3v) is 3.80. The lowest BCUT2D eigenvalue weighted by Gasteiger charge is -2.12. The minimum Gasteiger partial charge on any atom is -0.373 e. The van der Waals surface area contributed by atoms with Crippen LogP contribution < -0.4 is 10.9 Å². The van der Waals surface area contributed by atoms with Crippen LogP contribution in [0.3, 0.4) is 0 Å². The van der Waals surface area contributed by atoms with Crippen molar-refractivity contribution in [1.29, 1.82) is 0 Å². The van der Waals surface area contributed by atoms with Gasteiger partial charge in [-0.1, -0.05) is 18.2 Å². The van der Waals surface area contributed by atoms with Crippen molar-refractivity contribution >= 4 is 32.7 Å². The van der Waals surface area contributed by atoms with Gasteiger partial charge in [-0.15, -0.1) is 0 Å². The van der Waals surface area contributed by atoms with Crippen LogP contribution in [0.5, 0.6) is 0 Å². The Morgan fingerprint density at radius 3 is 2.86 bits per heavy atom. The first-order valence-corrected chi connectivity index (χ1v) is 7.39. The number of anilines is 1. The molecule has 0 radical (unpaired) electrons. The third kappa shape index (κ3) is 2.83. The molecule has 2 heterocycles. The molecule has 21 heavy (non-hydrogen) atoms. The molecular weight excluding hydrogens is 330 g/mol. The molecule has 3 aromatic rings. The Balaban J connectivity index is 2.10. The molecule has 5 heteroatoms. The minimum absolute atomic E-state index is 0.0339. The van der Waals surface area contributed by atoms with Gasteiger partial charge in [-0.05, 0) is 34.1 Å². The van der Waals surface area contributed by atoms with E-state index in [4.69, 9.17) is 0 Å². The van der Waals surface area contributed by atoms with Crippen LogP contribution in [0.2, 0.25) is 0 Å². The fraction of sp³-hybridized carbons (Fsp3) is 0.125. The molecule has 3 rings (SSSR count). The van der Waals surface area contributed by atoms with Gasteiger partial charge in [-0.25, -0.2) is 4.98 Å². The molecule has 0 spiro atoms. The van der Waals surface area contributed by atoms with Crippen molar-refractivity contribution in [3.05, 3.63) is 69.1 Å². The van der Waals surface area contributed by atoms with Crippen molar-refractivity contribution < 1.29 is 0 Å². The molecule has 0 amide bonds. The second kappa shape index (κ2) is 5.69. The number of fused-ring (bicyclic) bond motifs is 1. The molecule has 0 atom stereocenters. The zero-order valence-electron chi connectivity index (χ0n) is 11.5. The van der Waals surface area contributed by atoms with Gasteiger partial charge in [0.25, 0.3) is 5.56 Å². The molecule has 4 nitrogen and oxygen atoms in total. The Morgan fingerprint density at radius 1 is 1.24 bits per heavy atom. The van der Waals surface area contributed by atoms with Crippen molar-refractivity contribution in [2.75, 3.05) is 12.4 Å². The SMILES string of the molecule is CNc1nc2ccccc2cc1Cn1cc(Br)ccc1=O. The van der Waals surface area contributed by atoms with Crippen LogP contribution in [0.1, 0.15) is 5.56 Å². The predicted octanol–water partition coefficient (Wildman–Crippen LogP) is 3.25. The Hall–Kier alpha value is -2.14. The Labute approximate surface area is 130 Å². The largest absolute Gasteiger partial charge is 0.373 e. The maximum Gasteiger partial charge on any atom is 0.250 e. The molecule has 0 aliphatic carbocycles. The number of benzene rings is 1. The zero-order chi connectivity index (χ0) is 14.8. The second-order valence-electron chi connectivity index (χ2n) is 4.75. The van der Waals surface area contributed by atoms with Gasteiger partial charge in [0.05, 0.1) is 12.1 Å². The first-order valence-electron chi connectivity index (χ1n) is 6.60. The van der Waals surface area contributed by atoms with E-state index >= 15 is 0 Å². The van der Waals surface area contributed by atoms with Crippen molar-refractivity contribution in [1.82, 2.24) is 9.55 Å². The zero-order valence-corrected chi connectivity index (χ0v) is 13.1. The smallest absolute Gasteiger partial charge is 0.250 e. The number of para-hydroxylation sites is 1. The van der Waals surface area contributed by atoms with Gasteiger partial charge in [0, 0.05) is 34.7 Å². The van der Waals surface area contributed by atoms with E-state index in [1.807, 2.05) is 31.3 Å². The van der Waals surface area contributed by atoms with Crippen LogP contribution in [-0.4, -0.2) is 16.6 Å². The molecule has 0 saturated heterocycles. The topological polar surface area (TPSA) is 46.9 Å². The van der Waals surface area contributed by atoms with Gasteiger partial charge >= 0.3 is 0 Å². The number of hydrogen-bond donors (Lipinski definition) is 1. The highest BCUT2D eigenvalue weighted by atomic mass is 79.9. The van der Waals surface area contributed by atoms with E-state index in [9.17, 15) is 4.79 Å². The molecule has 106 valence electrons. The Bertz CT molecular complexity index is 858. The maximum atomic E-state index is 11.9. The molecule has 0 aliphatic heterocycles. The van der Waals surface area contributed by atoms with Crippen molar-refractivity contribution in [2.24, 2.45) is 0 Å². The molecule has 0 fully saturated rings. The average Bonchev–Trinajstić information content (AvgIpc) is 2.50. The van der Waals surface area contributed by atoms with Gasteiger partial charge in [-0.2, -0.15) is 0 Å². The van der Waals surface area contributed by atoms with Gasteiger partial charge in [0.15, 0.2) is 0 Å². The van der Waals surface area contributed by atoms with Crippen molar-refractivity contribution in [3.8, 4) is 0 Å². The monoisotopic (exact) mass is 343 g/mol. The highest BCUT2D eigenvalue weighted by Gasteiger charge is 2.07. The number of aromatic nitrogens is 2. The number of pyridine rings is 2. The average molecular weight is 344 g/mol. The first-order chi connectivity index (χ1) is 10.2. The molecule has 0 bridgehead atoms. The summed E-state index contributed by atoms with van der Waals surface area (Å²) in [5.41, 5.74) is 1.89. The molecule has 2 aromatic heterocycles. The van der Waals surface area contributed by atoms with E-state index in [1.165, 1.54) is 0 Å². The quantitative estimate of drug-likeness (QED) is 0.793. The van der Waals surface area contributed by atoms with Gasteiger partial charge in [0.2, 0.25) is 0 Å². The number of nitrogens with one attached hydrogen (secondary N) is 1. The van der Waals surface area contributed by atoms with E-state index in [1.54, 1.807) is 22.9 Å². The minimum atomic E-state index is -0.0339. The summed E-state index contributed by atoms with van der Waals surface area (Å²) < 4.78 is 2.54.